The van der Waals surface area contributed by atoms with Crippen LogP contribution < -0.4 is 5.56 Å². The summed E-state index contributed by atoms with van der Waals surface area (Å²) in [5.74, 6) is 0.211. The summed E-state index contributed by atoms with van der Waals surface area (Å²) in [7, 11) is 0. The molecule has 2 rings (SSSR count). The molecule has 20 heavy (non-hydrogen) atoms. The average molecular weight is 291 g/mol. The molecule has 0 aliphatic heterocycles. The minimum Gasteiger partial charge on any atom is -0.267 e. The second kappa shape index (κ2) is 6.23. The first-order valence-electron chi connectivity index (χ1n) is 6.81. The molecule has 0 spiro atoms. The molecule has 0 atom stereocenters. The van der Waals surface area contributed by atoms with Crippen LogP contribution in [0.3, 0.4) is 0 Å². The van der Waals surface area contributed by atoms with Gasteiger partial charge in [-0.05, 0) is 43.5 Å². The largest absolute Gasteiger partial charge is 0.271 e. The number of hydrogen-bond acceptors (Lipinski definition) is 2. The Bertz CT molecular complexity index is 677. The number of alkyl halides is 1. The summed E-state index contributed by atoms with van der Waals surface area (Å²) in [6.45, 7) is 6.79. The summed E-state index contributed by atoms with van der Waals surface area (Å²) in [4.78, 5) is 12.1. The van der Waals surface area contributed by atoms with Gasteiger partial charge in [-0.2, -0.15) is 5.10 Å². The van der Waals surface area contributed by atoms with Crippen molar-refractivity contribution in [2.75, 3.05) is 0 Å². The lowest BCUT2D eigenvalue weighted by Gasteiger charge is -2.10. The average Bonchev–Trinajstić information content (AvgIpc) is 2.44. The van der Waals surface area contributed by atoms with E-state index in [2.05, 4.69) is 31.1 Å². The minimum absolute atomic E-state index is 0.0885. The Balaban J connectivity index is 2.58. The molecule has 0 aliphatic carbocycles. The second-order valence-electron chi connectivity index (χ2n) is 5.02. The SMILES string of the molecule is CCCn1nc(-c2ccc(C)c(C)c2)cc(CCl)c1=O. The van der Waals surface area contributed by atoms with Gasteiger partial charge in [0.15, 0.2) is 0 Å². The van der Waals surface area contributed by atoms with Crippen molar-refractivity contribution < 1.29 is 0 Å². The molecule has 0 saturated carbocycles. The minimum atomic E-state index is -0.0885. The molecule has 106 valence electrons. The molecule has 0 amide bonds. The van der Waals surface area contributed by atoms with Crippen molar-refractivity contribution in [1.82, 2.24) is 9.78 Å². The van der Waals surface area contributed by atoms with Gasteiger partial charge in [0, 0.05) is 17.7 Å². The van der Waals surface area contributed by atoms with Gasteiger partial charge in [-0.3, -0.25) is 4.79 Å². The lowest BCUT2D eigenvalue weighted by molar-refractivity contribution is 0.567. The molecular formula is C16H19ClN2O. The topological polar surface area (TPSA) is 34.9 Å². The zero-order valence-electron chi connectivity index (χ0n) is 12.1. The Hall–Kier alpha value is -1.61. The van der Waals surface area contributed by atoms with Gasteiger partial charge in [-0.25, -0.2) is 4.68 Å². The van der Waals surface area contributed by atoms with E-state index >= 15 is 0 Å². The number of benzene rings is 1. The van der Waals surface area contributed by atoms with Crippen molar-refractivity contribution in [2.24, 2.45) is 0 Å². The molecular weight excluding hydrogens is 272 g/mol. The summed E-state index contributed by atoms with van der Waals surface area (Å²) in [5.41, 5.74) is 4.79. The standard InChI is InChI=1S/C16H19ClN2O/c1-4-7-19-16(20)14(10-17)9-15(18-19)13-6-5-11(2)12(3)8-13/h5-6,8-9H,4,7,10H2,1-3H3. The quantitative estimate of drug-likeness (QED) is 0.805. The van der Waals surface area contributed by atoms with E-state index in [0.29, 0.717) is 12.1 Å². The summed E-state index contributed by atoms with van der Waals surface area (Å²) >= 11 is 5.88. The maximum absolute atomic E-state index is 12.1. The van der Waals surface area contributed by atoms with Gasteiger partial charge >= 0.3 is 0 Å². The van der Waals surface area contributed by atoms with Crippen molar-refractivity contribution in [3.05, 3.63) is 51.3 Å². The van der Waals surface area contributed by atoms with E-state index in [1.165, 1.54) is 15.8 Å². The molecule has 2 aromatic rings. The number of aryl methyl sites for hydroxylation is 3. The first-order chi connectivity index (χ1) is 9.56. The first-order valence-corrected chi connectivity index (χ1v) is 7.35. The zero-order valence-corrected chi connectivity index (χ0v) is 12.9. The molecule has 0 N–H and O–H groups in total. The highest BCUT2D eigenvalue weighted by Gasteiger charge is 2.09. The van der Waals surface area contributed by atoms with E-state index in [1.54, 1.807) is 6.07 Å². The first kappa shape index (κ1) is 14.8. The molecule has 1 heterocycles. The van der Waals surface area contributed by atoms with Gasteiger partial charge < -0.3 is 0 Å². The molecule has 3 nitrogen and oxygen atoms in total. The van der Waals surface area contributed by atoms with Crippen LogP contribution in [-0.4, -0.2) is 9.78 Å². The fourth-order valence-corrected chi connectivity index (χ4v) is 2.29. The Labute approximate surface area is 124 Å². The Morgan fingerprint density at radius 1 is 1.20 bits per heavy atom. The molecule has 0 aliphatic rings. The van der Waals surface area contributed by atoms with Gasteiger partial charge in [0.25, 0.3) is 5.56 Å². The van der Waals surface area contributed by atoms with E-state index in [4.69, 9.17) is 11.6 Å². The summed E-state index contributed by atoms with van der Waals surface area (Å²) in [6, 6.07) is 7.99. The lowest BCUT2D eigenvalue weighted by Crippen LogP contribution is -2.26. The Morgan fingerprint density at radius 3 is 2.55 bits per heavy atom. The predicted molar refractivity (Wildman–Crippen MR) is 83.3 cm³/mol. The highest BCUT2D eigenvalue weighted by atomic mass is 35.5. The maximum Gasteiger partial charge on any atom is 0.271 e. The fourth-order valence-electron chi connectivity index (χ4n) is 2.10. The van der Waals surface area contributed by atoms with Crippen LogP contribution >= 0.6 is 11.6 Å². The molecule has 1 aromatic heterocycles. The van der Waals surface area contributed by atoms with Crippen molar-refractivity contribution in [3.63, 3.8) is 0 Å². The Kier molecular flexibility index (Phi) is 4.61. The number of halogens is 1. The number of rotatable bonds is 4. The van der Waals surface area contributed by atoms with E-state index in [0.717, 1.165) is 17.7 Å². The number of nitrogens with zero attached hydrogens (tertiary/aromatic N) is 2. The van der Waals surface area contributed by atoms with Gasteiger partial charge in [0.2, 0.25) is 0 Å². The summed E-state index contributed by atoms with van der Waals surface area (Å²) < 4.78 is 1.52. The van der Waals surface area contributed by atoms with Crippen molar-refractivity contribution in [2.45, 2.75) is 39.6 Å². The van der Waals surface area contributed by atoms with Crippen LogP contribution in [-0.2, 0) is 12.4 Å². The van der Waals surface area contributed by atoms with E-state index in [9.17, 15) is 4.79 Å². The third-order valence-electron chi connectivity index (χ3n) is 3.43. The Morgan fingerprint density at radius 2 is 1.95 bits per heavy atom. The van der Waals surface area contributed by atoms with E-state index in [-0.39, 0.29) is 11.4 Å². The highest BCUT2D eigenvalue weighted by molar-refractivity contribution is 6.17. The fraction of sp³-hybridized carbons (Fsp3) is 0.375. The van der Waals surface area contributed by atoms with Gasteiger partial charge in [0.05, 0.1) is 11.6 Å². The van der Waals surface area contributed by atoms with Crippen LogP contribution in [0.2, 0.25) is 0 Å². The normalized spacial score (nSPS) is 10.8. The highest BCUT2D eigenvalue weighted by Crippen LogP contribution is 2.20. The third-order valence-corrected chi connectivity index (χ3v) is 3.72. The van der Waals surface area contributed by atoms with Crippen molar-refractivity contribution in [3.8, 4) is 11.3 Å². The van der Waals surface area contributed by atoms with Gasteiger partial charge in [-0.1, -0.05) is 19.1 Å². The molecule has 0 saturated heterocycles. The van der Waals surface area contributed by atoms with Crippen LogP contribution in [0.1, 0.15) is 30.0 Å². The predicted octanol–water partition coefficient (Wildman–Crippen LogP) is 3.68. The molecule has 0 bridgehead atoms. The van der Waals surface area contributed by atoms with Crippen LogP contribution in [0.25, 0.3) is 11.3 Å². The monoisotopic (exact) mass is 290 g/mol. The summed E-state index contributed by atoms with van der Waals surface area (Å²) in [5, 5.41) is 4.46. The zero-order chi connectivity index (χ0) is 14.7. The smallest absolute Gasteiger partial charge is 0.267 e. The summed E-state index contributed by atoms with van der Waals surface area (Å²) in [6.07, 6.45) is 0.866. The molecule has 1 aromatic carbocycles. The van der Waals surface area contributed by atoms with E-state index in [1.807, 2.05) is 13.0 Å². The van der Waals surface area contributed by atoms with Gasteiger partial charge in [-0.15, -0.1) is 11.6 Å². The van der Waals surface area contributed by atoms with Crippen LogP contribution in [0.15, 0.2) is 29.1 Å². The second-order valence-corrected chi connectivity index (χ2v) is 5.28. The number of hydrogen-bond donors (Lipinski definition) is 0. The van der Waals surface area contributed by atoms with Crippen LogP contribution in [0.4, 0.5) is 0 Å². The molecule has 0 radical (unpaired) electrons. The number of aromatic nitrogens is 2. The van der Waals surface area contributed by atoms with Crippen LogP contribution in [0.5, 0.6) is 0 Å². The maximum atomic E-state index is 12.1. The van der Waals surface area contributed by atoms with Crippen molar-refractivity contribution >= 4 is 11.6 Å². The molecule has 4 heteroatoms. The molecule has 0 unspecified atom stereocenters. The van der Waals surface area contributed by atoms with Crippen LogP contribution in [0, 0.1) is 13.8 Å². The third kappa shape index (κ3) is 2.93. The van der Waals surface area contributed by atoms with E-state index < -0.39 is 0 Å². The van der Waals surface area contributed by atoms with Gasteiger partial charge in [0.1, 0.15) is 0 Å². The molecule has 0 fully saturated rings. The lowest BCUT2D eigenvalue weighted by atomic mass is 10.0. The van der Waals surface area contributed by atoms with Crippen molar-refractivity contribution in [1.29, 1.82) is 0 Å².